The number of aromatic carboxylic acids is 1. The number of carboxylic acids is 1. The highest BCUT2D eigenvalue weighted by molar-refractivity contribution is 7.09. The van der Waals surface area contributed by atoms with Crippen LogP contribution in [0.25, 0.3) is 0 Å². The third kappa shape index (κ3) is 2.29. The van der Waals surface area contributed by atoms with E-state index in [1.54, 1.807) is 17.4 Å². The van der Waals surface area contributed by atoms with Crippen LogP contribution < -0.4 is 4.90 Å². The molecule has 20 heavy (non-hydrogen) atoms. The molecular formula is C15H16N2O2S. The highest BCUT2D eigenvalue weighted by Crippen LogP contribution is 2.32. The molecule has 0 unspecified atom stereocenters. The van der Waals surface area contributed by atoms with E-state index < -0.39 is 5.97 Å². The van der Waals surface area contributed by atoms with Gasteiger partial charge in [-0.15, -0.1) is 11.3 Å². The predicted octanol–water partition coefficient (Wildman–Crippen LogP) is 3.10. The fourth-order valence-corrected chi connectivity index (χ4v) is 3.51. The summed E-state index contributed by atoms with van der Waals surface area (Å²) in [7, 11) is 0. The summed E-state index contributed by atoms with van der Waals surface area (Å²) in [5, 5.41) is 9.30. The molecule has 0 spiro atoms. The van der Waals surface area contributed by atoms with Crippen molar-refractivity contribution in [3.8, 4) is 0 Å². The van der Waals surface area contributed by atoms with Gasteiger partial charge in [0, 0.05) is 17.1 Å². The van der Waals surface area contributed by atoms with Crippen LogP contribution >= 0.6 is 11.3 Å². The van der Waals surface area contributed by atoms with Crippen LogP contribution in [0.15, 0.2) is 23.7 Å². The maximum Gasteiger partial charge on any atom is 0.336 e. The van der Waals surface area contributed by atoms with Crippen LogP contribution in [-0.4, -0.2) is 22.6 Å². The van der Waals surface area contributed by atoms with Crippen molar-refractivity contribution in [3.05, 3.63) is 45.4 Å². The number of aryl methyl sites for hydroxylation is 1. The molecule has 0 atom stereocenters. The van der Waals surface area contributed by atoms with Crippen molar-refractivity contribution in [1.29, 1.82) is 0 Å². The number of aromatic nitrogens is 1. The van der Waals surface area contributed by atoms with Gasteiger partial charge < -0.3 is 10.0 Å². The number of carboxylic acid groups (broad SMARTS) is 1. The van der Waals surface area contributed by atoms with Crippen LogP contribution in [0.4, 0.5) is 5.69 Å². The summed E-state index contributed by atoms with van der Waals surface area (Å²) < 4.78 is 0. The van der Waals surface area contributed by atoms with Gasteiger partial charge in [0.1, 0.15) is 0 Å². The van der Waals surface area contributed by atoms with Crippen molar-refractivity contribution >= 4 is 23.0 Å². The Bertz CT molecular complexity index is 651. The average molecular weight is 288 g/mol. The number of carbonyl (C=O) groups is 1. The van der Waals surface area contributed by atoms with Crippen molar-refractivity contribution in [2.24, 2.45) is 0 Å². The molecule has 0 saturated carbocycles. The van der Waals surface area contributed by atoms with Gasteiger partial charge >= 0.3 is 5.97 Å². The second-order valence-electron chi connectivity index (χ2n) is 4.99. The zero-order valence-electron chi connectivity index (χ0n) is 11.3. The average Bonchev–Trinajstić information content (AvgIpc) is 2.84. The number of thiazole rings is 1. The molecular weight excluding hydrogens is 272 g/mol. The topological polar surface area (TPSA) is 53.4 Å². The summed E-state index contributed by atoms with van der Waals surface area (Å²) in [6.07, 6.45) is 1.84. The Morgan fingerprint density at radius 2 is 2.35 bits per heavy atom. The summed E-state index contributed by atoms with van der Waals surface area (Å²) >= 11 is 1.66. The molecule has 0 radical (unpaired) electrons. The van der Waals surface area contributed by atoms with E-state index in [1.807, 2.05) is 24.6 Å². The maximum atomic E-state index is 11.3. The van der Waals surface area contributed by atoms with Gasteiger partial charge in [0.15, 0.2) is 0 Å². The van der Waals surface area contributed by atoms with E-state index in [9.17, 15) is 9.90 Å². The normalized spacial score (nSPS) is 14.2. The smallest absolute Gasteiger partial charge is 0.336 e. The van der Waals surface area contributed by atoms with Crippen molar-refractivity contribution in [2.75, 3.05) is 11.4 Å². The summed E-state index contributed by atoms with van der Waals surface area (Å²) in [4.78, 5) is 19.1. The third-order valence-corrected chi connectivity index (χ3v) is 4.68. The Morgan fingerprint density at radius 3 is 3.05 bits per heavy atom. The lowest BCUT2D eigenvalue weighted by atomic mass is 9.96. The van der Waals surface area contributed by atoms with Gasteiger partial charge in [0.2, 0.25) is 0 Å². The fraction of sp³-hybridized carbons (Fsp3) is 0.333. The Balaban J connectivity index is 1.96. The number of benzene rings is 1. The molecule has 0 aliphatic carbocycles. The second kappa shape index (κ2) is 5.25. The van der Waals surface area contributed by atoms with E-state index in [1.165, 1.54) is 4.88 Å². The minimum absolute atomic E-state index is 0.438. The monoisotopic (exact) mass is 288 g/mol. The SMILES string of the molecule is Cc1ncsc1CN1CCCc2c(C(=O)O)cccc21. The molecule has 2 aromatic rings. The molecule has 1 aliphatic rings. The van der Waals surface area contributed by atoms with Crippen LogP contribution in [0.1, 0.15) is 32.9 Å². The molecule has 1 aromatic carbocycles. The summed E-state index contributed by atoms with van der Waals surface area (Å²) in [6.45, 7) is 3.80. The summed E-state index contributed by atoms with van der Waals surface area (Å²) in [5.41, 5.74) is 5.39. The zero-order valence-corrected chi connectivity index (χ0v) is 12.1. The second-order valence-corrected chi connectivity index (χ2v) is 5.93. The zero-order chi connectivity index (χ0) is 14.1. The molecule has 0 fully saturated rings. The first kappa shape index (κ1) is 13.1. The first-order valence-electron chi connectivity index (χ1n) is 6.66. The molecule has 1 aromatic heterocycles. The summed E-state index contributed by atoms with van der Waals surface area (Å²) in [5.74, 6) is -0.835. The van der Waals surface area contributed by atoms with Crippen LogP contribution in [0.5, 0.6) is 0 Å². The number of rotatable bonds is 3. The van der Waals surface area contributed by atoms with Crippen LogP contribution in [0, 0.1) is 6.92 Å². The third-order valence-electron chi connectivity index (χ3n) is 3.76. The van der Waals surface area contributed by atoms with E-state index in [-0.39, 0.29) is 0 Å². The highest BCUT2D eigenvalue weighted by atomic mass is 32.1. The largest absolute Gasteiger partial charge is 0.478 e. The Morgan fingerprint density at radius 1 is 1.50 bits per heavy atom. The molecule has 1 N–H and O–H groups in total. The van der Waals surface area contributed by atoms with Crippen molar-refractivity contribution in [2.45, 2.75) is 26.3 Å². The lowest BCUT2D eigenvalue weighted by Crippen LogP contribution is -2.29. The molecule has 4 nitrogen and oxygen atoms in total. The summed E-state index contributed by atoms with van der Waals surface area (Å²) in [6, 6.07) is 5.56. The van der Waals surface area contributed by atoms with E-state index in [0.717, 1.165) is 42.9 Å². The first-order valence-corrected chi connectivity index (χ1v) is 7.54. The Labute approximate surface area is 121 Å². The Hall–Kier alpha value is -1.88. The minimum Gasteiger partial charge on any atom is -0.478 e. The predicted molar refractivity (Wildman–Crippen MR) is 79.6 cm³/mol. The molecule has 3 rings (SSSR count). The first-order chi connectivity index (χ1) is 9.66. The molecule has 0 amide bonds. The van der Waals surface area contributed by atoms with Gasteiger partial charge in [-0.1, -0.05) is 6.07 Å². The standard InChI is InChI=1S/C15H16N2O2S/c1-10-14(20-9-16-10)8-17-7-3-5-11-12(15(18)19)4-2-6-13(11)17/h2,4,6,9H,3,5,7-8H2,1H3,(H,18,19). The molecule has 1 aliphatic heterocycles. The van der Waals surface area contributed by atoms with Crippen molar-refractivity contribution in [3.63, 3.8) is 0 Å². The molecule has 2 heterocycles. The van der Waals surface area contributed by atoms with Crippen LogP contribution in [0.2, 0.25) is 0 Å². The van der Waals surface area contributed by atoms with Crippen molar-refractivity contribution < 1.29 is 9.90 Å². The minimum atomic E-state index is -0.835. The van der Waals surface area contributed by atoms with E-state index in [2.05, 4.69) is 9.88 Å². The van der Waals surface area contributed by atoms with Gasteiger partial charge in [0.25, 0.3) is 0 Å². The van der Waals surface area contributed by atoms with Gasteiger partial charge in [-0.05, 0) is 37.5 Å². The molecule has 0 saturated heterocycles. The quantitative estimate of drug-likeness (QED) is 0.943. The molecule has 5 heteroatoms. The highest BCUT2D eigenvalue weighted by Gasteiger charge is 2.22. The van der Waals surface area contributed by atoms with Crippen LogP contribution in [0.3, 0.4) is 0 Å². The lowest BCUT2D eigenvalue weighted by Gasteiger charge is -2.31. The lowest BCUT2D eigenvalue weighted by molar-refractivity contribution is 0.0695. The number of nitrogens with zero attached hydrogens (tertiary/aromatic N) is 2. The van der Waals surface area contributed by atoms with Crippen molar-refractivity contribution in [1.82, 2.24) is 4.98 Å². The number of hydrogen-bond acceptors (Lipinski definition) is 4. The van der Waals surface area contributed by atoms with E-state index >= 15 is 0 Å². The fourth-order valence-electron chi connectivity index (χ4n) is 2.72. The number of hydrogen-bond donors (Lipinski definition) is 1. The maximum absolute atomic E-state index is 11.3. The Kier molecular flexibility index (Phi) is 3.44. The number of fused-ring (bicyclic) bond motifs is 1. The molecule has 0 bridgehead atoms. The van der Waals surface area contributed by atoms with E-state index in [4.69, 9.17) is 0 Å². The van der Waals surface area contributed by atoms with Gasteiger partial charge in [0.05, 0.1) is 23.3 Å². The van der Waals surface area contributed by atoms with E-state index in [0.29, 0.717) is 5.56 Å². The van der Waals surface area contributed by atoms with Gasteiger partial charge in [-0.2, -0.15) is 0 Å². The number of anilines is 1. The van der Waals surface area contributed by atoms with Gasteiger partial charge in [-0.25, -0.2) is 9.78 Å². The van der Waals surface area contributed by atoms with Gasteiger partial charge in [-0.3, -0.25) is 0 Å². The van der Waals surface area contributed by atoms with Crippen LogP contribution in [-0.2, 0) is 13.0 Å². The molecule has 104 valence electrons.